The molecule has 0 saturated carbocycles. The average Bonchev–Trinajstić information content (AvgIpc) is 3.28. The first-order chi connectivity index (χ1) is 15.5. The van der Waals surface area contributed by atoms with Crippen molar-refractivity contribution in [2.24, 2.45) is 17.6 Å². The molecule has 2 aromatic rings. The minimum absolute atomic E-state index is 0.138. The topological polar surface area (TPSA) is 99.2 Å². The van der Waals surface area contributed by atoms with Crippen molar-refractivity contribution in [1.29, 1.82) is 5.26 Å². The SMILES string of the molecule is C=CC(CCc1ccccc1)C(=O)N1C[C@H](C#N)C[C@H]1C(=O)NCc1ccc(CN)cc1. The maximum Gasteiger partial charge on any atom is 0.243 e. The van der Waals surface area contributed by atoms with Crippen LogP contribution in [0.3, 0.4) is 0 Å². The van der Waals surface area contributed by atoms with Crippen LogP contribution in [0, 0.1) is 23.2 Å². The number of nitriles is 1. The molecule has 0 aliphatic carbocycles. The van der Waals surface area contributed by atoms with E-state index in [1.54, 1.807) is 11.0 Å². The molecule has 0 spiro atoms. The molecule has 0 bridgehead atoms. The highest BCUT2D eigenvalue weighted by Crippen LogP contribution is 2.26. The van der Waals surface area contributed by atoms with Crippen LogP contribution in [0.5, 0.6) is 0 Å². The van der Waals surface area contributed by atoms with Crippen LogP contribution in [0.25, 0.3) is 0 Å². The molecule has 3 atom stereocenters. The molecule has 1 saturated heterocycles. The van der Waals surface area contributed by atoms with Crippen LogP contribution in [0.2, 0.25) is 0 Å². The molecule has 166 valence electrons. The second kappa shape index (κ2) is 11.3. The van der Waals surface area contributed by atoms with Crippen LogP contribution < -0.4 is 11.1 Å². The van der Waals surface area contributed by atoms with Crippen LogP contribution in [0.15, 0.2) is 67.3 Å². The highest BCUT2D eigenvalue weighted by molar-refractivity contribution is 5.90. The predicted octanol–water partition coefficient (Wildman–Crippen LogP) is 2.94. The molecule has 1 fully saturated rings. The molecular weight excluding hydrogens is 400 g/mol. The maximum absolute atomic E-state index is 13.3. The lowest BCUT2D eigenvalue weighted by Crippen LogP contribution is -2.47. The van der Waals surface area contributed by atoms with Gasteiger partial charge in [0.1, 0.15) is 6.04 Å². The number of nitrogens with zero attached hydrogens (tertiary/aromatic N) is 2. The fourth-order valence-corrected chi connectivity index (χ4v) is 4.04. The Morgan fingerprint density at radius 1 is 1.16 bits per heavy atom. The van der Waals surface area contributed by atoms with Gasteiger partial charge in [-0.05, 0) is 36.0 Å². The first-order valence-electron chi connectivity index (χ1n) is 11.0. The Bertz CT molecular complexity index is 966. The number of nitrogens with two attached hydrogens (primary N) is 1. The first-order valence-corrected chi connectivity index (χ1v) is 11.0. The Kier molecular flexibility index (Phi) is 8.18. The zero-order valence-electron chi connectivity index (χ0n) is 18.2. The zero-order valence-corrected chi connectivity index (χ0v) is 18.2. The summed E-state index contributed by atoms with van der Waals surface area (Å²) in [6.07, 6.45) is 3.36. The van der Waals surface area contributed by atoms with Gasteiger partial charge < -0.3 is 16.0 Å². The Hall–Kier alpha value is -3.43. The number of hydrogen-bond donors (Lipinski definition) is 2. The van der Waals surface area contributed by atoms with E-state index in [1.165, 1.54) is 0 Å². The Labute approximate surface area is 189 Å². The number of rotatable bonds is 9. The molecule has 2 aromatic carbocycles. The molecule has 1 aliphatic rings. The van der Waals surface area contributed by atoms with Crippen LogP contribution in [-0.2, 0) is 29.1 Å². The Morgan fingerprint density at radius 2 is 1.84 bits per heavy atom. The van der Waals surface area contributed by atoms with Crippen molar-refractivity contribution < 1.29 is 9.59 Å². The summed E-state index contributed by atoms with van der Waals surface area (Å²) in [5, 5.41) is 12.3. The van der Waals surface area contributed by atoms with Gasteiger partial charge in [0, 0.05) is 19.6 Å². The first kappa shape index (κ1) is 23.2. The lowest BCUT2D eigenvalue weighted by molar-refractivity contribution is -0.140. The van der Waals surface area contributed by atoms with Gasteiger partial charge in [0.25, 0.3) is 0 Å². The summed E-state index contributed by atoms with van der Waals surface area (Å²) in [7, 11) is 0. The molecular formula is C26H30N4O2. The average molecular weight is 431 g/mol. The smallest absolute Gasteiger partial charge is 0.243 e. The largest absolute Gasteiger partial charge is 0.350 e. The number of nitrogens with one attached hydrogen (secondary N) is 1. The molecule has 0 aromatic heterocycles. The summed E-state index contributed by atoms with van der Waals surface area (Å²) in [6, 6.07) is 19.3. The second-order valence-electron chi connectivity index (χ2n) is 8.17. The number of carbonyl (C=O) groups is 2. The standard InChI is InChI=1S/C26H30N4O2/c1-2-23(13-12-19-6-4-3-5-7-19)26(32)30-18-22(16-28)14-24(30)25(31)29-17-21-10-8-20(15-27)9-11-21/h2-11,22-24H,1,12-15,17-18,27H2,(H,29,31)/t22-,23?,24-/m0/s1. The summed E-state index contributed by atoms with van der Waals surface area (Å²) >= 11 is 0. The van der Waals surface area contributed by atoms with E-state index >= 15 is 0 Å². The lowest BCUT2D eigenvalue weighted by atomic mass is 9.97. The molecule has 32 heavy (non-hydrogen) atoms. The summed E-state index contributed by atoms with van der Waals surface area (Å²) in [6.45, 7) is 4.94. The van der Waals surface area contributed by atoms with E-state index in [0.717, 1.165) is 23.1 Å². The van der Waals surface area contributed by atoms with E-state index in [2.05, 4.69) is 18.0 Å². The molecule has 3 rings (SSSR count). The monoisotopic (exact) mass is 430 g/mol. The van der Waals surface area contributed by atoms with Gasteiger partial charge in [-0.15, -0.1) is 6.58 Å². The summed E-state index contributed by atoms with van der Waals surface area (Å²) in [5.41, 5.74) is 8.75. The third kappa shape index (κ3) is 5.83. The molecule has 3 N–H and O–H groups in total. The summed E-state index contributed by atoms with van der Waals surface area (Å²) in [5.74, 6) is -1.11. The summed E-state index contributed by atoms with van der Waals surface area (Å²) < 4.78 is 0. The fourth-order valence-electron chi connectivity index (χ4n) is 4.04. The zero-order chi connectivity index (χ0) is 22.9. The number of amides is 2. The number of aryl methyl sites for hydroxylation is 1. The molecule has 6 heteroatoms. The van der Waals surface area contributed by atoms with E-state index < -0.39 is 12.0 Å². The normalized spacial score (nSPS) is 18.6. The summed E-state index contributed by atoms with van der Waals surface area (Å²) in [4.78, 5) is 27.8. The molecule has 2 amide bonds. The maximum atomic E-state index is 13.3. The van der Waals surface area contributed by atoms with Crippen LogP contribution in [-0.4, -0.2) is 29.3 Å². The van der Waals surface area contributed by atoms with Crippen molar-refractivity contribution in [3.05, 3.63) is 83.9 Å². The van der Waals surface area contributed by atoms with Gasteiger partial charge in [0.15, 0.2) is 0 Å². The fraction of sp³-hybridized carbons (Fsp3) is 0.346. The van der Waals surface area contributed by atoms with E-state index in [0.29, 0.717) is 25.9 Å². The minimum atomic E-state index is -0.644. The van der Waals surface area contributed by atoms with Gasteiger partial charge >= 0.3 is 0 Å². The van der Waals surface area contributed by atoms with Crippen molar-refractivity contribution >= 4 is 11.8 Å². The van der Waals surface area contributed by atoms with Gasteiger partial charge in [-0.25, -0.2) is 0 Å². The minimum Gasteiger partial charge on any atom is -0.350 e. The van der Waals surface area contributed by atoms with Gasteiger partial charge in [-0.3, -0.25) is 9.59 Å². The quantitative estimate of drug-likeness (QED) is 0.598. The van der Waals surface area contributed by atoms with Crippen LogP contribution in [0.1, 0.15) is 29.5 Å². The van der Waals surface area contributed by atoms with Crippen LogP contribution >= 0.6 is 0 Å². The predicted molar refractivity (Wildman–Crippen MR) is 124 cm³/mol. The molecule has 0 radical (unpaired) electrons. The van der Waals surface area contributed by atoms with Crippen LogP contribution in [0.4, 0.5) is 0 Å². The third-order valence-electron chi connectivity index (χ3n) is 5.98. The van der Waals surface area contributed by atoms with Crippen molar-refractivity contribution in [2.75, 3.05) is 6.54 Å². The molecule has 6 nitrogen and oxygen atoms in total. The number of benzene rings is 2. The number of carbonyl (C=O) groups excluding carboxylic acids is 2. The Balaban J connectivity index is 1.64. The van der Waals surface area contributed by atoms with E-state index in [1.807, 2.05) is 54.6 Å². The van der Waals surface area contributed by atoms with Gasteiger partial charge in [-0.2, -0.15) is 5.26 Å². The van der Waals surface area contributed by atoms with Gasteiger partial charge in [-0.1, -0.05) is 60.7 Å². The van der Waals surface area contributed by atoms with Crippen molar-refractivity contribution in [3.63, 3.8) is 0 Å². The van der Waals surface area contributed by atoms with E-state index in [-0.39, 0.29) is 24.3 Å². The van der Waals surface area contributed by atoms with Gasteiger partial charge in [0.05, 0.1) is 17.9 Å². The van der Waals surface area contributed by atoms with Gasteiger partial charge in [0.2, 0.25) is 11.8 Å². The van der Waals surface area contributed by atoms with Crippen molar-refractivity contribution in [1.82, 2.24) is 10.2 Å². The third-order valence-corrected chi connectivity index (χ3v) is 5.98. The molecule has 1 unspecified atom stereocenters. The lowest BCUT2D eigenvalue weighted by Gasteiger charge is -2.27. The molecule has 1 aliphatic heterocycles. The van der Waals surface area contributed by atoms with Crippen molar-refractivity contribution in [2.45, 2.75) is 38.4 Å². The molecule has 1 heterocycles. The Morgan fingerprint density at radius 3 is 2.47 bits per heavy atom. The highest BCUT2D eigenvalue weighted by atomic mass is 16.2. The van der Waals surface area contributed by atoms with E-state index in [9.17, 15) is 14.9 Å². The number of likely N-dealkylation sites (tertiary alicyclic amines) is 1. The second-order valence-corrected chi connectivity index (χ2v) is 8.17. The number of hydrogen-bond acceptors (Lipinski definition) is 4. The highest BCUT2D eigenvalue weighted by Gasteiger charge is 2.41. The van der Waals surface area contributed by atoms with Crippen molar-refractivity contribution in [3.8, 4) is 6.07 Å². The van der Waals surface area contributed by atoms with E-state index in [4.69, 9.17) is 5.73 Å².